The summed E-state index contributed by atoms with van der Waals surface area (Å²) in [7, 11) is 0. The number of rotatable bonds is 2. The summed E-state index contributed by atoms with van der Waals surface area (Å²) in [5.74, 6) is 0. The third kappa shape index (κ3) is 2.81. The van der Waals surface area contributed by atoms with Crippen LogP contribution in [0, 0.1) is 0 Å². The highest BCUT2D eigenvalue weighted by atomic mass is 16.0. The van der Waals surface area contributed by atoms with Crippen molar-refractivity contribution in [3.8, 4) is 22.8 Å². The van der Waals surface area contributed by atoms with Crippen molar-refractivity contribution in [1.29, 1.82) is 0 Å². The summed E-state index contributed by atoms with van der Waals surface area (Å²) < 4.78 is 0. The Bertz CT molecular complexity index is 587. The highest BCUT2D eigenvalue weighted by molar-refractivity contribution is 5.61. The summed E-state index contributed by atoms with van der Waals surface area (Å²) in [5, 5.41) is 0. The van der Waals surface area contributed by atoms with E-state index in [1.54, 1.807) is 12.4 Å². The van der Waals surface area contributed by atoms with Crippen LogP contribution in [0.4, 0.5) is 0 Å². The first-order valence-electron chi connectivity index (χ1n) is 5.73. The van der Waals surface area contributed by atoms with Crippen LogP contribution in [0.1, 0.15) is 0 Å². The van der Waals surface area contributed by atoms with Gasteiger partial charge in [0.25, 0.3) is 0 Å². The van der Waals surface area contributed by atoms with Gasteiger partial charge in [0.05, 0.1) is 22.8 Å². The Labute approximate surface area is 111 Å². The van der Waals surface area contributed by atoms with Gasteiger partial charge in [-0.2, -0.15) is 0 Å². The van der Waals surface area contributed by atoms with Gasteiger partial charge in [-0.05, 0) is 36.4 Å². The molecule has 2 N–H and O–H groups in total. The number of nitrogens with zero attached hydrogens (tertiary/aromatic N) is 3. The van der Waals surface area contributed by atoms with Crippen molar-refractivity contribution in [1.82, 2.24) is 15.0 Å². The SMILES string of the molecule is O.c1ccc(-c2cccc(-c3ccccn3)n2)nc1. The van der Waals surface area contributed by atoms with E-state index in [0.717, 1.165) is 22.8 Å². The molecule has 0 aliphatic rings. The Balaban J connectivity index is 0.00000133. The predicted molar refractivity (Wildman–Crippen MR) is 74.3 cm³/mol. The molecule has 0 saturated carbocycles. The second-order valence-electron chi connectivity index (χ2n) is 3.84. The van der Waals surface area contributed by atoms with E-state index in [0.29, 0.717) is 0 Å². The van der Waals surface area contributed by atoms with E-state index in [4.69, 9.17) is 0 Å². The van der Waals surface area contributed by atoms with Crippen LogP contribution in [0.5, 0.6) is 0 Å². The van der Waals surface area contributed by atoms with E-state index in [1.165, 1.54) is 0 Å². The van der Waals surface area contributed by atoms with Crippen molar-refractivity contribution in [2.75, 3.05) is 0 Å². The Hall–Kier alpha value is -2.59. The van der Waals surface area contributed by atoms with Crippen molar-refractivity contribution in [2.45, 2.75) is 0 Å². The molecule has 0 aromatic carbocycles. The van der Waals surface area contributed by atoms with E-state index in [1.807, 2.05) is 54.6 Å². The molecule has 19 heavy (non-hydrogen) atoms. The Morgan fingerprint density at radius 2 is 1.00 bits per heavy atom. The number of hydrogen-bond acceptors (Lipinski definition) is 3. The molecular formula is C15H13N3O. The normalized spacial score (nSPS) is 9.68. The molecule has 0 amide bonds. The predicted octanol–water partition coefficient (Wildman–Crippen LogP) is 2.38. The molecule has 3 heterocycles. The first kappa shape index (κ1) is 12.9. The third-order valence-electron chi connectivity index (χ3n) is 2.60. The van der Waals surface area contributed by atoms with Gasteiger partial charge in [-0.15, -0.1) is 0 Å². The van der Waals surface area contributed by atoms with Gasteiger partial charge in [0.15, 0.2) is 0 Å². The largest absolute Gasteiger partial charge is 0.412 e. The van der Waals surface area contributed by atoms with Gasteiger partial charge >= 0.3 is 0 Å². The molecule has 0 aliphatic carbocycles. The highest BCUT2D eigenvalue weighted by Gasteiger charge is 2.03. The molecule has 0 bridgehead atoms. The van der Waals surface area contributed by atoms with Crippen LogP contribution < -0.4 is 0 Å². The minimum atomic E-state index is 0. The van der Waals surface area contributed by atoms with Crippen molar-refractivity contribution in [3.05, 3.63) is 67.0 Å². The zero-order chi connectivity index (χ0) is 12.2. The maximum Gasteiger partial charge on any atom is 0.0894 e. The second kappa shape index (κ2) is 5.84. The van der Waals surface area contributed by atoms with Gasteiger partial charge in [0, 0.05) is 12.4 Å². The van der Waals surface area contributed by atoms with Crippen LogP contribution in [0.15, 0.2) is 67.0 Å². The average molecular weight is 251 g/mol. The topological polar surface area (TPSA) is 70.2 Å². The lowest BCUT2D eigenvalue weighted by Gasteiger charge is -2.03. The van der Waals surface area contributed by atoms with Gasteiger partial charge in [-0.1, -0.05) is 18.2 Å². The molecule has 3 aromatic heterocycles. The smallest absolute Gasteiger partial charge is 0.0894 e. The zero-order valence-electron chi connectivity index (χ0n) is 10.2. The summed E-state index contributed by atoms with van der Waals surface area (Å²) in [6, 6.07) is 17.5. The fraction of sp³-hybridized carbons (Fsp3) is 0. The first-order valence-corrected chi connectivity index (χ1v) is 5.73. The molecule has 0 unspecified atom stereocenters. The van der Waals surface area contributed by atoms with Crippen molar-refractivity contribution in [2.24, 2.45) is 0 Å². The van der Waals surface area contributed by atoms with Crippen LogP contribution in [0.25, 0.3) is 22.8 Å². The molecule has 0 fully saturated rings. The first-order chi connectivity index (χ1) is 8.93. The molecule has 3 rings (SSSR count). The highest BCUT2D eigenvalue weighted by Crippen LogP contribution is 2.19. The van der Waals surface area contributed by atoms with Crippen LogP contribution in [0.2, 0.25) is 0 Å². The zero-order valence-corrected chi connectivity index (χ0v) is 10.2. The second-order valence-corrected chi connectivity index (χ2v) is 3.84. The van der Waals surface area contributed by atoms with Crippen molar-refractivity contribution in [3.63, 3.8) is 0 Å². The maximum atomic E-state index is 4.59. The average Bonchev–Trinajstić information content (AvgIpc) is 2.49. The fourth-order valence-electron chi connectivity index (χ4n) is 1.75. The van der Waals surface area contributed by atoms with Crippen LogP contribution in [-0.2, 0) is 0 Å². The molecule has 0 atom stereocenters. The molecule has 4 heteroatoms. The quantitative estimate of drug-likeness (QED) is 0.702. The monoisotopic (exact) mass is 251 g/mol. The van der Waals surface area contributed by atoms with Crippen LogP contribution >= 0.6 is 0 Å². The molecular weight excluding hydrogens is 238 g/mol. The molecule has 0 spiro atoms. The standard InChI is InChI=1S/C15H11N3.H2O/c1-3-10-16-12(6-1)14-8-5-9-15(18-14)13-7-2-4-11-17-13;/h1-11H;1H2. The van der Waals surface area contributed by atoms with E-state index in [2.05, 4.69) is 15.0 Å². The summed E-state index contributed by atoms with van der Waals surface area (Å²) in [6.45, 7) is 0. The number of pyridine rings is 3. The summed E-state index contributed by atoms with van der Waals surface area (Å²) in [5.41, 5.74) is 3.46. The molecule has 0 saturated heterocycles. The Morgan fingerprint density at radius 1 is 0.526 bits per heavy atom. The molecule has 94 valence electrons. The molecule has 0 radical (unpaired) electrons. The van der Waals surface area contributed by atoms with Gasteiger partial charge in [-0.25, -0.2) is 4.98 Å². The Kier molecular flexibility index (Phi) is 3.95. The number of aromatic nitrogens is 3. The fourth-order valence-corrected chi connectivity index (χ4v) is 1.75. The van der Waals surface area contributed by atoms with E-state index >= 15 is 0 Å². The maximum absolute atomic E-state index is 4.59. The lowest BCUT2D eigenvalue weighted by atomic mass is 10.2. The van der Waals surface area contributed by atoms with E-state index in [9.17, 15) is 0 Å². The van der Waals surface area contributed by atoms with Gasteiger partial charge in [0.2, 0.25) is 0 Å². The van der Waals surface area contributed by atoms with Gasteiger partial charge in [0.1, 0.15) is 0 Å². The Morgan fingerprint density at radius 3 is 1.42 bits per heavy atom. The molecule has 4 nitrogen and oxygen atoms in total. The lowest BCUT2D eigenvalue weighted by molar-refractivity contribution is 0.824. The molecule has 0 aliphatic heterocycles. The van der Waals surface area contributed by atoms with E-state index < -0.39 is 0 Å². The summed E-state index contributed by atoms with van der Waals surface area (Å²) in [6.07, 6.45) is 3.54. The van der Waals surface area contributed by atoms with Gasteiger partial charge in [-0.3, -0.25) is 9.97 Å². The lowest BCUT2D eigenvalue weighted by Crippen LogP contribution is -1.90. The minimum Gasteiger partial charge on any atom is -0.412 e. The van der Waals surface area contributed by atoms with Crippen molar-refractivity contribution < 1.29 is 5.48 Å². The van der Waals surface area contributed by atoms with Crippen molar-refractivity contribution >= 4 is 0 Å². The van der Waals surface area contributed by atoms with Gasteiger partial charge < -0.3 is 5.48 Å². The minimum absolute atomic E-state index is 0. The number of hydrogen-bond donors (Lipinski definition) is 0. The molecule has 3 aromatic rings. The summed E-state index contributed by atoms with van der Waals surface area (Å²) in [4.78, 5) is 13.2. The van der Waals surface area contributed by atoms with Crippen LogP contribution in [0.3, 0.4) is 0 Å². The van der Waals surface area contributed by atoms with E-state index in [-0.39, 0.29) is 5.48 Å². The third-order valence-corrected chi connectivity index (χ3v) is 2.60. The van der Waals surface area contributed by atoms with Crippen LogP contribution in [-0.4, -0.2) is 20.4 Å². The summed E-state index contributed by atoms with van der Waals surface area (Å²) >= 11 is 0.